The molecule has 0 aromatic carbocycles. The minimum atomic E-state index is -4.63. The van der Waals surface area contributed by atoms with Gasteiger partial charge in [-0.3, -0.25) is 0 Å². The van der Waals surface area contributed by atoms with Crippen LogP contribution in [0.5, 0.6) is 5.88 Å². The number of hydrogen-bond donors (Lipinski definition) is 2. The van der Waals surface area contributed by atoms with E-state index in [1.54, 1.807) is 6.92 Å². The molecule has 2 N–H and O–H groups in total. The average molecular weight is 466 g/mol. The monoisotopic (exact) mass is 466 g/mol. The summed E-state index contributed by atoms with van der Waals surface area (Å²) in [5.74, 6) is 0.0767. The third kappa shape index (κ3) is 5.78. The molecule has 178 valence electrons. The lowest BCUT2D eigenvalue weighted by atomic mass is 9.83. The van der Waals surface area contributed by atoms with Crippen LogP contribution in [0, 0.1) is 6.92 Å². The van der Waals surface area contributed by atoms with E-state index in [1.807, 2.05) is 0 Å². The van der Waals surface area contributed by atoms with E-state index in [0.717, 1.165) is 6.07 Å². The van der Waals surface area contributed by atoms with Crippen molar-refractivity contribution in [3.05, 3.63) is 59.8 Å². The molecule has 0 radical (unpaired) electrons. The van der Waals surface area contributed by atoms with Crippen molar-refractivity contribution < 1.29 is 32.9 Å². The molecule has 0 aliphatic carbocycles. The first kappa shape index (κ1) is 24.4. The number of hydrogen-bond acceptors (Lipinski definition) is 6. The van der Waals surface area contributed by atoms with Crippen molar-refractivity contribution in [2.75, 3.05) is 19.7 Å². The van der Waals surface area contributed by atoms with Crippen molar-refractivity contribution in [3.63, 3.8) is 0 Å². The average Bonchev–Trinajstić information content (AvgIpc) is 2.77. The van der Waals surface area contributed by atoms with Crippen molar-refractivity contribution >= 4 is 6.09 Å². The summed E-state index contributed by atoms with van der Waals surface area (Å²) < 4.78 is 44.4. The summed E-state index contributed by atoms with van der Waals surface area (Å²) in [4.78, 5) is 24.7. The van der Waals surface area contributed by atoms with E-state index in [0.29, 0.717) is 43.0 Å². The normalized spacial score (nSPS) is 16.8. The van der Waals surface area contributed by atoms with Gasteiger partial charge in [-0.15, -0.1) is 6.58 Å². The second-order valence-corrected chi connectivity index (χ2v) is 7.93. The fourth-order valence-electron chi connectivity index (χ4n) is 3.83. The van der Waals surface area contributed by atoms with Gasteiger partial charge in [-0.25, -0.2) is 19.7 Å². The standard InChI is InChI=1S/C22H25F3N4O4/c1-3-9-21(32,13-33-18-6-4-5-17(28-18)22(23,24)25)16-12-26-14(2)27-19(16)15-7-10-29(11-8-15)20(30)31/h3-6,12,15,32H,1,7-11,13H2,2H3,(H,30,31). The first-order chi connectivity index (χ1) is 15.5. The third-order valence-corrected chi connectivity index (χ3v) is 5.55. The van der Waals surface area contributed by atoms with Crippen LogP contribution in [0.2, 0.25) is 0 Å². The van der Waals surface area contributed by atoms with Crippen LogP contribution in [0.15, 0.2) is 37.1 Å². The molecule has 2 aromatic rings. The number of carbonyl (C=O) groups is 1. The predicted octanol–water partition coefficient (Wildman–Crippen LogP) is 3.90. The second kappa shape index (κ2) is 9.74. The number of alkyl halides is 3. The Kier molecular flexibility index (Phi) is 7.21. The van der Waals surface area contributed by atoms with Gasteiger partial charge in [0.05, 0.1) is 5.69 Å². The Hall–Kier alpha value is -3.21. The van der Waals surface area contributed by atoms with Crippen LogP contribution in [0.4, 0.5) is 18.0 Å². The molecule has 0 spiro atoms. The summed E-state index contributed by atoms with van der Waals surface area (Å²) in [6, 6.07) is 3.28. The highest BCUT2D eigenvalue weighted by atomic mass is 19.4. The quantitative estimate of drug-likeness (QED) is 0.596. The first-order valence-corrected chi connectivity index (χ1v) is 10.4. The Bertz CT molecular complexity index is 1010. The number of aliphatic hydroxyl groups is 1. The molecular formula is C22H25F3N4O4. The van der Waals surface area contributed by atoms with Crippen LogP contribution in [0.1, 0.15) is 48.0 Å². The van der Waals surface area contributed by atoms with Crippen LogP contribution in [0.3, 0.4) is 0 Å². The molecule has 3 heterocycles. The number of rotatable bonds is 7. The summed E-state index contributed by atoms with van der Waals surface area (Å²) in [6.45, 7) is 5.62. The summed E-state index contributed by atoms with van der Waals surface area (Å²) in [6.07, 6.45) is -1.62. The molecule has 0 bridgehead atoms. The van der Waals surface area contributed by atoms with Gasteiger partial charge in [0.1, 0.15) is 23.7 Å². The zero-order valence-corrected chi connectivity index (χ0v) is 18.0. The number of piperidine rings is 1. The van der Waals surface area contributed by atoms with Crippen molar-refractivity contribution in [3.8, 4) is 5.88 Å². The maximum Gasteiger partial charge on any atom is 0.433 e. The van der Waals surface area contributed by atoms with E-state index in [1.165, 1.54) is 29.3 Å². The largest absolute Gasteiger partial charge is 0.474 e. The van der Waals surface area contributed by atoms with E-state index in [4.69, 9.17) is 4.74 Å². The Labute approximate surface area is 188 Å². The summed E-state index contributed by atoms with van der Waals surface area (Å²) >= 11 is 0. The Morgan fingerprint density at radius 1 is 1.30 bits per heavy atom. The SMILES string of the molecule is C=CCC(O)(COc1cccc(C(F)(F)F)n1)c1cnc(C)nc1C1CCN(C(=O)O)CC1. The van der Waals surface area contributed by atoms with Crippen molar-refractivity contribution in [1.82, 2.24) is 19.9 Å². The summed E-state index contributed by atoms with van der Waals surface area (Å²) in [5.41, 5.74) is -1.84. The molecule has 11 heteroatoms. The fourth-order valence-corrected chi connectivity index (χ4v) is 3.83. The number of pyridine rings is 1. The van der Waals surface area contributed by atoms with Crippen molar-refractivity contribution in [1.29, 1.82) is 0 Å². The zero-order chi connectivity index (χ0) is 24.2. The first-order valence-electron chi connectivity index (χ1n) is 10.4. The van der Waals surface area contributed by atoms with E-state index in [9.17, 15) is 28.2 Å². The van der Waals surface area contributed by atoms with Gasteiger partial charge < -0.3 is 19.8 Å². The van der Waals surface area contributed by atoms with Gasteiger partial charge >= 0.3 is 12.3 Å². The topological polar surface area (TPSA) is 109 Å². The smallest absolute Gasteiger partial charge is 0.433 e. The van der Waals surface area contributed by atoms with Crippen LogP contribution < -0.4 is 4.74 Å². The lowest BCUT2D eigenvalue weighted by molar-refractivity contribution is -0.141. The van der Waals surface area contributed by atoms with Gasteiger partial charge in [-0.05, 0) is 25.8 Å². The minimum absolute atomic E-state index is 0.0271. The number of halogens is 3. The summed E-state index contributed by atoms with van der Waals surface area (Å²) in [5, 5.41) is 20.7. The van der Waals surface area contributed by atoms with Crippen molar-refractivity contribution in [2.24, 2.45) is 0 Å². The Balaban J connectivity index is 1.88. The number of ether oxygens (including phenoxy) is 1. The van der Waals surface area contributed by atoms with Gasteiger partial charge in [-0.2, -0.15) is 13.2 Å². The van der Waals surface area contributed by atoms with E-state index >= 15 is 0 Å². The number of aromatic nitrogens is 3. The third-order valence-electron chi connectivity index (χ3n) is 5.55. The Morgan fingerprint density at radius 2 is 2.00 bits per heavy atom. The highest BCUT2D eigenvalue weighted by Gasteiger charge is 2.37. The van der Waals surface area contributed by atoms with Gasteiger partial charge in [0.15, 0.2) is 0 Å². The fraction of sp³-hybridized carbons (Fsp3) is 0.455. The molecule has 1 fully saturated rings. The highest BCUT2D eigenvalue weighted by Crippen LogP contribution is 2.36. The second-order valence-electron chi connectivity index (χ2n) is 7.93. The Morgan fingerprint density at radius 3 is 2.61 bits per heavy atom. The molecule has 1 atom stereocenters. The molecule has 1 aliphatic heterocycles. The maximum absolute atomic E-state index is 13.0. The minimum Gasteiger partial charge on any atom is -0.474 e. The van der Waals surface area contributed by atoms with Gasteiger partial charge in [0.2, 0.25) is 5.88 Å². The number of carboxylic acid groups (broad SMARTS) is 1. The summed E-state index contributed by atoms with van der Waals surface area (Å²) in [7, 11) is 0. The van der Waals surface area contributed by atoms with E-state index in [2.05, 4.69) is 21.5 Å². The molecule has 1 saturated heterocycles. The number of likely N-dealkylation sites (tertiary alicyclic amines) is 1. The molecule has 8 nitrogen and oxygen atoms in total. The lowest BCUT2D eigenvalue weighted by Gasteiger charge is -2.34. The highest BCUT2D eigenvalue weighted by molar-refractivity contribution is 5.65. The van der Waals surface area contributed by atoms with Crippen LogP contribution in [0.25, 0.3) is 0 Å². The molecule has 3 rings (SSSR count). The van der Waals surface area contributed by atoms with Crippen LogP contribution in [-0.2, 0) is 11.8 Å². The van der Waals surface area contributed by atoms with E-state index < -0.39 is 30.2 Å². The lowest BCUT2D eigenvalue weighted by Crippen LogP contribution is -2.39. The van der Waals surface area contributed by atoms with Crippen LogP contribution >= 0.6 is 0 Å². The van der Waals surface area contributed by atoms with Gasteiger partial charge in [0, 0.05) is 43.3 Å². The molecule has 1 amide bonds. The maximum atomic E-state index is 13.0. The molecule has 33 heavy (non-hydrogen) atoms. The van der Waals surface area contributed by atoms with Gasteiger partial charge in [-0.1, -0.05) is 12.1 Å². The molecular weight excluding hydrogens is 441 g/mol. The predicted molar refractivity (Wildman–Crippen MR) is 112 cm³/mol. The molecule has 0 saturated carbocycles. The van der Waals surface area contributed by atoms with Crippen molar-refractivity contribution in [2.45, 2.75) is 43.9 Å². The number of nitrogens with zero attached hydrogens (tertiary/aromatic N) is 4. The molecule has 1 unspecified atom stereocenters. The number of amides is 1. The van der Waals surface area contributed by atoms with Gasteiger partial charge in [0.25, 0.3) is 0 Å². The van der Waals surface area contributed by atoms with E-state index in [-0.39, 0.29) is 18.2 Å². The molecule has 1 aliphatic rings. The number of aryl methyl sites for hydroxylation is 1. The zero-order valence-electron chi connectivity index (χ0n) is 18.0. The van der Waals surface area contributed by atoms with Crippen LogP contribution in [-0.4, -0.2) is 55.9 Å². The molecule has 2 aromatic heterocycles.